The number of benzene rings is 2. The summed E-state index contributed by atoms with van der Waals surface area (Å²) in [6.07, 6.45) is -6.86. The Kier molecular flexibility index (Phi) is 4.84. The van der Waals surface area contributed by atoms with Crippen molar-refractivity contribution in [1.29, 1.82) is 0 Å². The highest BCUT2D eigenvalue weighted by molar-refractivity contribution is 6.30. The highest BCUT2D eigenvalue weighted by Gasteiger charge is 2.44. The fraction of sp³-hybridized carbons (Fsp3) is 0.125. The van der Waals surface area contributed by atoms with Gasteiger partial charge in [0.15, 0.2) is 5.84 Å². The molecular formula is C16H11ClF4N4O. The molecule has 0 spiro atoms. The summed E-state index contributed by atoms with van der Waals surface area (Å²) >= 11 is 5.67. The summed E-state index contributed by atoms with van der Waals surface area (Å²) in [4.78, 5) is 11.8. The molecule has 1 atom stereocenters. The van der Waals surface area contributed by atoms with Crippen LogP contribution in [0, 0.1) is 5.82 Å². The predicted molar refractivity (Wildman–Crippen MR) is 88.8 cm³/mol. The Bertz CT molecular complexity index is 881. The first-order valence-corrected chi connectivity index (χ1v) is 7.58. The lowest BCUT2D eigenvalue weighted by Crippen LogP contribution is -2.29. The number of nitrogens with one attached hydrogen (secondary N) is 1. The number of rotatable bonds is 3. The second-order valence-electron chi connectivity index (χ2n) is 5.26. The first-order valence-electron chi connectivity index (χ1n) is 7.20. The molecule has 0 saturated carbocycles. The van der Waals surface area contributed by atoms with Gasteiger partial charge in [0.1, 0.15) is 17.3 Å². The number of halogens is 5. The van der Waals surface area contributed by atoms with Crippen LogP contribution in [-0.4, -0.2) is 24.1 Å². The zero-order valence-corrected chi connectivity index (χ0v) is 13.6. The Labute approximate surface area is 150 Å². The molecule has 1 heterocycles. The van der Waals surface area contributed by atoms with Gasteiger partial charge in [-0.15, -0.1) is 0 Å². The molecule has 1 aliphatic heterocycles. The van der Waals surface area contributed by atoms with Gasteiger partial charge in [0.05, 0.1) is 0 Å². The Balaban J connectivity index is 1.80. The minimum absolute atomic E-state index is 0.0132. The van der Waals surface area contributed by atoms with E-state index in [1.165, 1.54) is 36.4 Å². The van der Waals surface area contributed by atoms with Crippen molar-refractivity contribution in [2.45, 2.75) is 12.4 Å². The highest BCUT2D eigenvalue weighted by Crippen LogP contribution is 2.26. The molecule has 2 aromatic carbocycles. The van der Waals surface area contributed by atoms with Gasteiger partial charge in [-0.2, -0.15) is 13.2 Å². The molecule has 136 valence electrons. The predicted octanol–water partition coefficient (Wildman–Crippen LogP) is 3.69. The zero-order chi connectivity index (χ0) is 18.9. The van der Waals surface area contributed by atoms with Crippen LogP contribution in [0.4, 0.5) is 23.2 Å². The number of nitrogens with two attached hydrogens (primary N) is 1. The van der Waals surface area contributed by atoms with Crippen LogP contribution in [0.1, 0.15) is 11.1 Å². The Morgan fingerprint density at radius 2 is 1.88 bits per heavy atom. The Hall–Kier alpha value is -2.65. The summed E-state index contributed by atoms with van der Waals surface area (Å²) in [5.41, 5.74) is 8.82. The highest BCUT2D eigenvalue weighted by atomic mass is 35.5. The Morgan fingerprint density at radius 1 is 1.19 bits per heavy atom. The van der Waals surface area contributed by atoms with Crippen LogP contribution in [0.5, 0.6) is 0 Å². The van der Waals surface area contributed by atoms with E-state index in [-0.39, 0.29) is 22.4 Å². The molecule has 0 aliphatic carbocycles. The molecule has 0 fully saturated rings. The molecule has 10 heteroatoms. The van der Waals surface area contributed by atoms with E-state index in [9.17, 15) is 17.6 Å². The van der Waals surface area contributed by atoms with Crippen LogP contribution < -0.4 is 11.2 Å². The van der Waals surface area contributed by atoms with Gasteiger partial charge < -0.3 is 5.73 Å². The minimum atomic E-state index is -4.60. The van der Waals surface area contributed by atoms with Crippen molar-refractivity contribution in [3.05, 3.63) is 64.4 Å². The fourth-order valence-corrected chi connectivity index (χ4v) is 2.28. The van der Waals surface area contributed by atoms with Crippen molar-refractivity contribution < 1.29 is 22.4 Å². The molecule has 26 heavy (non-hydrogen) atoms. The SMILES string of the molecule is NC(=Nc1ccc(Cl)cc1F)c1ccc(C2=NC(C(F)(F)F)ON2)cc1. The van der Waals surface area contributed by atoms with E-state index >= 15 is 0 Å². The topological polar surface area (TPSA) is 72.0 Å². The molecule has 0 saturated heterocycles. The summed E-state index contributed by atoms with van der Waals surface area (Å²) in [5.74, 6) is -0.654. The third-order valence-corrected chi connectivity index (χ3v) is 3.63. The van der Waals surface area contributed by atoms with Gasteiger partial charge in [-0.05, 0) is 18.2 Å². The number of alkyl halides is 3. The summed E-state index contributed by atoms with van der Waals surface area (Å²) in [7, 11) is 0. The molecule has 3 N–H and O–H groups in total. The van der Waals surface area contributed by atoms with E-state index in [4.69, 9.17) is 17.3 Å². The summed E-state index contributed by atoms with van der Waals surface area (Å²) in [6.45, 7) is 0. The van der Waals surface area contributed by atoms with E-state index < -0.39 is 18.2 Å². The maximum Gasteiger partial charge on any atom is 0.437 e. The quantitative estimate of drug-likeness (QED) is 0.480. The first kappa shape index (κ1) is 18.2. The standard InChI is InChI=1S/C16H11ClF4N4O/c17-10-5-6-12(11(18)7-10)23-13(22)8-1-3-9(4-2-8)14-24-15(26-25-14)16(19,20)21/h1-7,15H,(H2,22,23)(H,24,25). The van der Waals surface area contributed by atoms with E-state index in [1.807, 2.05) is 0 Å². The van der Waals surface area contributed by atoms with E-state index in [1.54, 1.807) is 0 Å². The number of nitrogens with zero attached hydrogens (tertiary/aromatic N) is 2. The smallest absolute Gasteiger partial charge is 0.383 e. The lowest BCUT2D eigenvalue weighted by Gasteiger charge is -2.08. The maximum absolute atomic E-state index is 13.8. The average Bonchev–Trinajstić information content (AvgIpc) is 3.08. The van der Waals surface area contributed by atoms with Crippen LogP contribution in [-0.2, 0) is 4.84 Å². The van der Waals surface area contributed by atoms with Gasteiger partial charge >= 0.3 is 6.18 Å². The van der Waals surface area contributed by atoms with Crippen molar-refractivity contribution >= 4 is 29.0 Å². The molecule has 2 aromatic rings. The van der Waals surface area contributed by atoms with Crippen molar-refractivity contribution in [1.82, 2.24) is 5.48 Å². The second-order valence-corrected chi connectivity index (χ2v) is 5.70. The fourth-order valence-electron chi connectivity index (χ4n) is 2.12. The van der Waals surface area contributed by atoms with E-state index in [0.29, 0.717) is 11.1 Å². The van der Waals surface area contributed by atoms with Gasteiger partial charge in [0.25, 0.3) is 6.23 Å². The number of amidine groups is 2. The summed E-state index contributed by atoms with van der Waals surface area (Å²) in [5, 5.41) is 0.230. The van der Waals surface area contributed by atoms with Crippen LogP contribution in [0.3, 0.4) is 0 Å². The number of hydrogen-bond donors (Lipinski definition) is 2. The lowest BCUT2D eigenvalue weighted by atomic mass is 10.1. The minimum Gasteiger partial charge on any atom is -0.383 e. The van der Waals surface area contributed by atoms with Crippen molar-refractivity contribution in [2.24, 2.45) is 15.7 Å². The normalized spacial score (nSPS) is 17.8. The van der Waals surface area contributed by atoms with Crippen molar-refractivity contribution in [3.63, 3.8) is 0 Å². The van der Waals surface area contributed by atoms with Crippen molar-refractivity contribution in [2.75, 3.05) is 0 Å². The molecule has 5 nitrogen and oxygen atoms in total. The van der Waals surface area contributed by atoms with Gasteiger partial charge in [-0.1, -0.05) is 35.9 Å². The Morgan fingerprint density at radius 3 is 2.46 bits per heavy atom. The first-order chi connectivity index (χ1) is 12.2. The van der Waals surface area contributed by atoms with Gasteiger partial charge in [0.2, 0.25) is 0 Å². The van der Waals surface area contributed by atoms with Gasteiger partial charge in [-0.25, -0.2) is 24.7 Å². The van der Waals surface area contributed by atoms with Crippen LogP contribution >= 0.6 is 11.6 Å². The zero-order valence-electron chi connectivity index (χ0n) is 12.9. The van der Waals surface area contributed by atoms with E-state index in [0.717, 1.165) is 6.07 Å². The molecule has 0 radical (unpaired) electrons. The average molecular weight is 387 g/mol. The molecule has 3 rings (SSSR count). The number of hydroxylamine groups is 1. The summed E-state index contributed by atoms with van der Waals surface area (Å²) in [6, 6.07) is 9.98. The monoisotopic (exact) mass is 386 g/mol. The van der Waals surface area contributed by atoms with Gasteiger partial charge in [-0.3, -0.25) is 0 Å². The number of hydrogen-bond acceptors (Lipinski definition) is 4. The lowest BCUT2D eigenvalue weighted by molar-refractivity contribution is -0.220. The molecule has 0 bridgehead atoms. The molecule has 0 aromatic heterocycles. The van der Waals surface area contributed by atoms with Crippen LogP contribution in [0.25, 0.3) is 0 Å². The largest absolute Gasteiger partial charge is 0.437 e. The summed E-state index contributed by atoms with van der Waals surface area (Å²) < 4.78 is 51.4. The van der Waals surface area contributed by atoms with Crippen molar-refractivity contribution in [3.8, 4) is 0 Å². The van der Waals surface area contributed by atoms with Crippen LogP contribution in [0.2, 0.25) is 5.02 Å². The maximum atomic E-state index is 13.8. The third kappa shape index (κ3) is 3.94. The third-order valence-electron chi connectivity index (χ3n) is 3.40. The molecular weight excluding hydrogens is 376 g/mol. The second kappa shape index (κ2) is 6.93. The van der Waals surface area contributed by atoms with Gasteiger partial charge in [0, 0.05) is 16.1 Å². The van der Waals surface area contributed by atoms with E-state index in [2.05, 4.69) is 20.3 Å². The molecule has 1 aliphatic rings. The molecule has 0 amide bonds. The van der Waals surface area contributed by atoms with Crippen LogP contribution in [0.15, 0.2) is 52.4 Å². The molecule has 1 unspecified atom stereocenters. The number of aliphatic imine (C=N–C) groups is 2.